The second kappa shape index (κ2) is 9.40. The molecule has 1 atom stereocenters. The van der Waals surface area contributed by atoms with E-state index in [0.717, 1.165) is 24.0 Å². The highest BCUT2D eigenvalue weighted by Crippen LogP contribution is 2.53. The lowest BCUT2D eigenvalue weighted by Gasteiger charge is -2.10. The van der Waals surface area contributed by atoms with Crippen molar-refractivity contribution in [3.8, 4) is 28.5 Å². The Hall–Kier alpha value is -2.97. The molecule has 1 unspecified atom stereocenters. The molecule has 1 aliphatic rings. The van der Waals surface area contributed by atoms with Crippen LogP contribution in [-0.4, -0.2) is 30.4 Å². The fourth-order valence-electron chi connectivity index (χ4n) is 4.51. The average molecular weight is 570 g/mol. The molecule has 0 bridgehead atoms. The highest BCUT2D eigenvalue weighted by atomic mass is 35.5. The molecule has 0 N–H and O–H groups in total. The van der Waals surface area contributed by atoms with Crippen molar-refractivity contribution in [3.63, 3.8) is 0 Å². The summed E-state index contributed by atoms with van der Waals surface area (Å²) in [7, 11) is -1.45. The van der Waals surface area contributed by atoms with E-state index < -0.39 is 10.8 Å². The second-order valence-electron chi connectivity index (χ2n) is 8.85. The maximum Gasteiger partial charge on any atom is 0.269 e. The Morgan fingerprint density at radius 3 is 2.16 bits per heavy atom. The second-order valence-corrected chi connectivity index (χ2v) is 11.4. The van der Waals surface area contributed by atoms with Crippen LogP contribution in [-0.2, 0) is 16.2 Å². The fraction of sp³-hybridized carbons (Fsp3) is 0.148. The number of para-hydroxylation sites is 1. The molecule has 6 nitrogen and oxygen atoms in total. The first-order chi connectivity index (χ1) is 17.9. The lowest BCUT2D eigenvalue weighted by molar-refractivity contribution is 0.470. The highest BCUT2D eigenvalue weighted by molar-refractivity contribution is 7.84. The molecule has 6 rings (SSSR count). The van der Waals surface area contributed by atoms with Crippen LogP contribution in [0.2, 0.25) is 15.1 Å². The zero-order valence-corrected chi connectivity index (χ0v) is 22.6. The van der Waals surface area contributed by atoms with E-state index in [1.807, 2.05) is 54.6 Å². The van der Waals surface area contributed by atoms with Crippen molar-refractivity contribution in [2.45, 2.75) is 23.2 Å². The Kier molecular flexibility index (Phi) is 6.19. The normalized spacial score (nSPS) is 15.0. The molecule has 0 spiro atoms. The van der Waals surface area contributed by atoms with E-state index in [1.54, 1.807) is 29.1 Å². The molecule has 37 heavy (non-hydrogen) atoms. The van der Waals surface area contributed by atoms with Gasteiger partial charge in [0, 0.05) is 21.9 Å². The number of benzene rings is 3. The smallest absolute Gasteiger partial charge is 0.269 e. The van der Waals surface area contributed by atoms with Gasteiger partial charge in [0.2, 0.25) is 5.89 Å². The van der Waals surface area contributed by atoms with Crippen molar-refractivity contribution in [3.05, 3.63) is 99.3 Å². The van der Waals surface area contributed by atoms with Crippen molar-refractivity contribution in [2.24, 2.45) is 0 Å². The number of rotatable bonds is 6. The van der Waals surface area contributed by atoms with Crippen molar-refractivity contribution >= 4 is 45.6 Å². The summed E-state index contributed by atoms with van der Waals surface area (Å²) in [6.07, 6.45) is 3.37. The molecule has 5 aromatic rings. The largest absolute Gasteiger partial charge is 0.418 e. The quantitative estimate of drug-likeness (QED) is 0.213. The lowest BCUT2D eigenvalue weighted by atomic mass is 9.96. The SMILES string of the molecule is CS(=O)c1c(-c2nnc(C3(c4ccc(Cl)cc4)CC3)o2)nn(-c2ccccc2Cl)c1-c1ccc(Cl)cc1. The Morgan fingerprint density at radius 1 is 0.892 bits per heavy atom. The maximum absolute atomic E-state index is 13.2. The molecule has 0 aliphatic heterocycles. The van der Waals surface area contributed by atoms with Crippen LogP contribution >= 0.6 is 34.8 Å². The van der Waals surface area contributed by atoms with E-state index in [2.05, 4.69) is 10.2 Å². The summed E-state index contributed by atoms with van der Waals surface area (Å²) in [6, 6.07) is 22.3. The summed E-state index contributed by atoms with van der Waals surface area (Å²) in [5.41, 5.74) is 3.07. The van der Waals surface area contributed by atoms with Gasteiger partial charge < -0.3 is 4.42 Å². The van der Waals surface area contributed by atoms with E-state index in [-0.39, 0.29) is 11.3 Å². The number of halogens is 3. The summed E-state index contributed by atoms with van der Waals surface area (Å²) >= 11 is 18.8. The van der Waals surface area contributed by atoms with Gasteiger partial charge in [0.05, 0.1) is 37.5 Å². The van der Waals surface area contributed by atoms with Crippen LogP contribution in [0.4, 0.5) is 0 Å². The Morgan fingerprint density at radius 2 is 1.54 bits per heavy atom. The molecule has 1 aliphatic carbocycles. The predicted molar refractivity (Wildman–Crippen MR) is 146 cm³/mol. The molecular formula is C27H19Cl3N4O2S. The zero-order chi connectivity index (χ0) is 25.7. The molecule has 2 aromatic heterocycles. The van der Waals surface area contributed by atoms with Gasteiger partial charge in [-0.15, -0.1) is 10.2 Å². The van der Waals surface area contributed by atoms with Gasteiger partial charge in [0.25, 0.3) is 5.89 Å². The van der Waals surface area contributed by atoms with Crippen LogP contribution < -0.4 is 0 Å². The third kappa shape index (κ3) is 4.30. The predicted octanol–water partition coefficient (Wildman–Crippen LogP) is 7.37. The minimum absolute atomic E-state index is 0.196. The zero-order valence-electron chi connectivity index (χ0n) is 19.5. The number of aromatic nitrogens is 4. The van der Waals surface area contributed by atoms with Crippen LogP contribution in [0.3, 0.4) is 0 Å². The molecule has 10 heteroatoms. The number of hydrogen-bond donors (Lipinski definition) is 0. The van der Waals surface area contributed by atoms with Crippen LogP contribution in [0.15, 0.2) is 82.1 Å². The molecule has 0 radical (unpaired) electrons. The first-order valence-corrected chi connectivity index (χ1v) is 14.1. The minimum atomic E-state index is -1.45. The summed E-state index contributed by atoms with van der Waals surface area (Å²) in [5, 5.41) is 15.3. The molecule has 1 fully saturated rings. The summed E-state index contributed by atoms with van der Waals surface area (Å²) in [4.78, 5) is 0.466. The summed E-state index contributed by atoms with van der Waals surface area (Å²) in [6.45, 7) is 0. The lowest BCUT2D eigenvalue weighted by Crippen LogP contribution is -2.08. The maximum atomic E-state index is 13.2. The third-order valence-electron chi connectivity index (χ3n) is 6.51. The molecule has 1 saturated carbocycles. The van der Waals surface area contributed by atoms with Crippen LogP contribution in [0, 0.1) is 0 Å². The van der Waals surface area contributed by atoms with E-state index in [4.69, 9.17) is 44.3 Å². The topological polar surface area (TPSA) is 73.8 Å². The third-order valence-corrected chi connectivity index (χ3v) is 8.30. The van der Waals surface area contributed by atoms with Gasteiger partial charge in [-0.1, -0.05) is 71.2 Å². The number of hydrogen-bond acceptors (Lipinski definition) is 5. The first kappa shape index (κ1) is 24.4. The minimum Gasteiger partial charge on any atom is -0.418 e. The van der Waals surface area contributed by atoms with Crippen molar-refractivity contribution < 1.29 is 8.63 Å². The van der Waals surface area contributed by atoms with Crippen molar-refractivity contribution in [1.29, 1.82) is 0 Å². The summed E-state index contributed by atoms with van der Waals surface area (Å²) < 4.78 is 21.1. The molecule has 0 amide bonds. The standard InChI is InChI=1S/C27H19Cl3N4O2S/c1-37(35)24-22(25-31-32-26(36-25)27(14-15-27)17-8-12-19(29)13-9-17)33-34(21-5-3-2-4-20(21)30)23(24)16-6-10-18(28)11-7-16/h2-13H,14-15H2,1H3. The van der Waals surface area contributed by atoms with Gasteiger partial charge in [-0.05, 0) is 54.8 Å². The Bertz CT molecular complexity index is 1640. The average Bonchev–Trinajstić information content (AvgIpc) is 3.37. The van der Waals surface area contributed by atoms with Crippen LogP contribution in [0.25, 0.3) is 28.5 Å². The van der Waals surface area contributed by atoms with Crippen LogP contribution in [0.5, 0.6) is 0 Å². The van der Waals surface area contributed by atoms with Crippen molar-refractivity contribution in [2.75, 3.05) is 6.26 Å². The van der Waals surface area contributed by atoms with Crippen LogP contribution in [0.1, 0.15) is 24.3 Å². The summed E-state index contributed by atoms with van der Waals surface area (Å²) in [5.74, 6) is 0.694. The monoisotopic (exact) mass is 568 g/mol. The van der Waals surface area contributed by atoms with Gasteiger partial charge in [-0.2, -0.15) is 5.10 Å². The molecule has 3 aromatic carbocycles. The molecule has 0 saturated heterocycles. The van der Waals surface area contributed by atoms with Gasteiger partial charge in [0.15, 0.2) is 5.69 Å². The Balaban J connectivity index is 1.54. The Labute approximate surface area is 230 Å². The molecule has 186 valence electrons. The van der Waals surface area contributed by atoms with Gasteiger partial charge in [0.1, 0.15) is 0 Å². The van der Waals surface area contributed by atoms with E-state index >= 15 is 0 Å². The van der Waals surface area contributed by atoms with Gasteiger partial charge >= 0.3 is 0 Å². The van der Waals surface area contributed by atoms with Crippen molar-refractivity contribution in [1.82, 2.24) is 20.0 Å². The van der Waals surface area contributed by atoms with Gasteiger partial charge in [-0.25, -0.2) is 4.68 Å². The van der Waals surface area contributed by atoms with E-state index in [9.17, 15) is 4.21 Å². The van der Waals surface area contributed by atoms with Gasteiger partial charge in [-0.3, -0.25) is 4.21 Å². The van der Waals surface area contributed by atoms with E-state index in [1.165, 1.54) is 0 Å². The fourth-order valence-corrected chi connectivity index (χ4v) is 5.85. The van der Waals surface area contributed by atoms with E-state index in [0.29, 0.717) is 42.9 Å². The number of nitrogens with zero attached hydrogens (tertiary/aromatic N) is 4. The first-order valence-electron chi connectivity index (χ1n) is 11.4. The molecule has 2 heterocycles. The highest BCUT2D eigenvalue weighted by Gasteiger charge is 2.51. The molecular weight excluding hydrogens is 551 g/mol.